The van der Waals surface area contributed by atoms with Gasteiger partial charge in [0, 0.05) is 42.6 Å². The smallest absolute Gasteiger partial charge is 0.180 e. The van der Waals surface area contributed by atoms with E-state index < -0.39 is 23.4 Å². The number of methoxy groups -OCH3 is 1. The van der Waals surface area contributed by atoms with E-state index in [0.717, 1.165) is 11.3 Å². The molecule has 4 aromatic rings. The second-order valence-electron chi connectivity index (χ2n) is 8.08. The van der Waals surface area contributed by atoms with Gasteiger partial charge in [-0.3, -0.25) is 4.57 Å². The van der Waals surface area contributed by atoms with E-state index in [1.54, 1.807) is 41.0 Å². The summed E-state index contributed by atoms with van der Waals surface area (Å²) >= 11 is 0. The van der Waals surface area contributed by atoms with Crippen LogP contribution in [0.25, 0.3) is 18.0 Å². The van der Waals surface area contributed by atoms with Crippen LogP contribution in [0, 0.1) is 24.4 Å². The minimum Gasteiger partial charge on any atom is -0.493 e. The number of hydrogen-bond donors (Lipinski definition) is 0. The Balaban J connectivity index is 1.43. The molecule has 1 atom stereocenters. The van der Waals surface area contributed by atoms with Gasteiger partial charge in [-0.05, 0) is 43.5 Å². The summed E-state index contributed by atoms with van der Waals surface area (Å²) in [5.41, 5.74) is 1.45. The molecule has 0 bridgehead atoms. The lowest BCUT2D eigenvalue weighted by atomic mass is 9.90. The fourth-order valence-electron chi connectivity index (χ4n) is 4.19. The van der Waals surface area contributed by atoms with Crippen LogP contribution in [0.15, 0.2) is 36.9 Å². The van der Waals surface area contributed by atoms with Gasteiger partial charge in [-0.15, -0.1) is 0 Å². The van der Waals surface area contributed by atoms with Crippen LogP contribution in [0.1, 0.15) is 47.2 Å². The molecule has 1 aliphatic heterocycles. The summed E-state index contributed by atoms with van der Waals surface area (Å²) in [6.45, 7) is 2.48. The maximum Gasteiger partial charge on any atom is 0.180 e. The zero-order valence-electron chi connectivity index (χ0n) is 18.5. The highest BCUT2D eigenvalue weighted by atomic mass is 19.1. The van der Waals surface area contributed by atoms with Crippen LogP contribution in [0.4, 0.5) is 13.2 Å². The van der Waals surface area contributed by atoms with Gasteiger partial charge in [0.15, 0.2) is 17.4 Å². The summed E-state index contributed by atoms with van der Waals surface area (Å²) in [6, 6.07) is 3.23. The van der Waals surface area contributed by atoms with Crippen LogP contribution in [-0.4, -0.2) is 36.4 Å². The van der Waals surface area contributed by atoms with E-state index in [4.69, 9.17) is 4.74 Å². The van der Waals surface area contributed by atoms with Crippen LogP contribution in [0.2, 0.25) is 0 Å². The molecular weight excluding hydrogens is 445 g/mol. The Morgan fingerprint density at radius 2 is 1.88 bits per heavy atom. The highest BCUT2D eigenvalue weighted by Gasteiger charge is 2.30. The number of imidazole rings is 1. The lowest BCUT2D eigenvalue weighted by Gasteiger charge is -2.23. The summed E-state index contributed by atoms with van der Waals surface area (Å²) in [5.74, 6) is -1.37. The van der Waals surface area contributed by atoms with E-state index in [-0.39, 0.29) is 5.56 Å². The van der Waals surface area contributed by atoms with Crippen LogP contribution in [0.3, 0.4) is 0 Å². The van der Waals surface area contributed by atoms with Crippen molar-refractivity contribution in [3.8, 4) is 11.6 Å². The lowest BCUT2D eigenvalue weighted by Crippen LogP contribution is -2.20. The Labute approximate surface area is 193 Å². The number of halogens is 3. The van der Waals surface area contributed by atoms with Crippen molar-refractivity contribution < 1.29 is 17.9 Å². The maximum atomic E-state index is 14.4. The van der Waals surface area contributed by atoms with Crippen LogP contribution in [0.5, 0.6) is 5.75 Å². The molecule has 1 aliphatic rings. The van der Waals surface area contributed by atoms with E-state index in [0.29, 0.717) is 54.7 Å². The first-order chi connectivity index (χ1) is 16.4. The Morgan fingerprint density at radius 3 is 2.59 bits per heavy atom. The second kappa shape index (κ2) is 8.77. The lowest BCUT2D eigenvalue weighted by molar-refractivity contribution is 0.410. The third-order valence-corrected chi connectivity index (χ3v) is 5.74. The van der Waals surface area contributed by atoms with Crippen molar-refractivity contribution in [3.05, 3.63) is 82.8 Å². The molecule has 0 unspecified atom stereocenters. The van der Waals surface area contributed by atoms with Crippen molar-refractivity contribution in [1.82, 2.24) is 29.3 Å². The van der Waals surface area contributed by atoms with Gasteiger partial charge in [-0.25, -0.2) is 32.8 Å². The van der Waals surface area contributed by atoms with Crippen molar-refractivity contribution in [2.75, 3.05) is 7.11 Å². The van der Waals surface area contributed by atoms with Gasteiger partial charge in [0.25, 0.3) is 0 Å². The Morgan fingerprint density at radius 1 is 1.09 bits per heavy atom. The Bertz CT molecular complexity index is 1370. The molecule has 0 aliphatic carbocycles. The van der Waals surface area contributed by atoms with Crippen LogP contribution >= 0.6 is 0 Å². The summed E-state index contributed by atoms with van der Waals surface area (Å²) in [7, 11) is 1.57. The van der Waals surface area contributed by atoms with Crippen LogP contribution < -0.4 is 4.74 Å². The predicted octanol–water partition coefficient (Wildman–Crippen LogP) is 4.69. The molecule has 0 spiro atoms. The van der Waals surface area contributed by atoms with Gasteiger partial charge in [0.05, 0.1) is 12.8 Å². The average Bonchev–Trinajstić information content (AvgIpc) is 3.43. The molecule has 0 saturated heterocycles. The average molecular weight is 466 g/mol. The Kier molecular flexibility index (Phi) is 5.64. The number of nitrogens with zero attached hydrogens (tertiary/aromatic N) is 6. The third-order valence-electron chi connectivity index (χ3n) is 5.74. The molecule has 174 valence electrons. The van der Waals surface area contributed by atoms with Crippen molar-refractivity contribution in [3.63, 3.8) is 0 Å². The molecule has 0 saturated carbocycles. The fraction of sp³-hybridized carbons (Fsp3) is 0.250. The molecule has 0 N–H and O–H groups in total. The van der Waals surface area contributed by atoms with Gasteiger partial charge in [-0.2, -0.15) is 5.10 Å². The predicted molar refractivity (Wildman–Crippen MR) is 119 cm³/mol. The number of aromatic nitrogens is 6. The van der Waals surface area contributed by atoms with Crippen molar-refractivity contribution in [1.29, 1.82) is 0 Å². The molecule has 0 fully saturated rings. The number of fused-ring (bicyclic) bond motifs is 1. The Hall–Kier alpha value is -3.95. The van der Waals surface area contributed by atoms with Crippen molar-refractivity contribution in [2.24, 2.45) is 0 Å². The zero-order valence-corrected chi connectivity index (χ0v) is 18.5. The van der Waals surface area contributed by atoms with Crippen molar-refractivity contribution >= 4 is 12.2 Å². The summed E-state index contributed by atoms with van der Waals surface area (Å²) in [5, 5.41) is 4.46. The van der Waals surface area contributed by atoms with Crippen molar-refractivity contribution in [2.45, 2.75) is 32.2 Å². The highest BCUT2D eigenvalue weighted by Crippen LogP contribution is 2.35. The third kappa shape index (κ3) is 4.07. The normalized spacial score (nSPS) is 15.6. The molecule has 5 rings (SSSR count). The molecular formula is C24H21F3N6O. The van der Waals surface area contributed by atoms with Gasteiger partial charge < -0.3 is 4.74 Å². The quantitative estimate of drug-likeness (QED) is 0.427. The van der Waals surface area contributed by atoms with E-state index >= 15 is 0 Å². The first-order valence-corrected chi connectivity index (χ1v) is 10.7. The standard InChI is InChI=1S/C24H21F3N6O/c1-14-12-32(13-29-14)24-20(34-2)8-15(11-28-24)5-6-21-30-23-17(4-3-7-33(23)31-21)22-18(26)9-16(25)10-19(22)27/h5-6,8-13,17H,3-4,7H2,1-2H3/t17-/m0/s1. The summed E-state index contributed by atoms with van der Waals surface area (Å²) < 4.78 is 51.1. The van der Waals surface area contributed by atoms with Gasteiger partial charge in [-0.1, -0.05) is 0 Å². The number of pyridine rings is 1. The summed E-state index contributed by atoms with van der Waals surface area (Å²) in [6.07, 6.45) is 9.87. The van der Waals surface area contributed by atoms with Gasteiger partial charge >= 0.3 is 0 Å². The molecule has 0 radical (unpaired) electrons. The number of ether oxygens (including phenoxy) is 1. The monoisotopic (exact) mass is 466 g/mol. The maximum absolute atomic E-state index is 14.4. The number of aryl methyl sites for hydroxylation is 2. The SMILES string of the molecule is COc1cc(C=Cc2nc3n(n2)CCC[C@H]3c2c(F)cc(F)cc2F)cnc1-n1cnc(C)c1. The zero-order chi connectivity index (χ0) is 23.8. The summed E-state index contributed by atoms with van der Waals surface area (Å²) in [4.78, 5) is 13.2. The van der Waals surface area contributed by atoms with Gasteiger partial charge in [0.2, 0.25) is 0 Å². The molecule has 0 amide bonds. The molecule has 7 nitrogen and oxygen atoms in total. The second-order valence-corrected chi connectivity index (χ2v) is 8.08. The van der Waals surface area contributed by atoms with E-state index in [1.165, 1.54) is 0 Å². The minimum atomic E-state index is -0.946. The first kappa shape index (κ1) is 21.9. The number of benzene rings is 1. The van der Waals surface area contributed by atoms with E-state index in [2.05, 4.69) is 20.1 Å². The molecule has 3 aromatic heterocycles. The van der Waals surface area contributed by atoms with E-state index in [9.17, 15) is 13.2 Å². The topological polar surface area (TPSA) is 70.7 Å². The molecule has 4 heterocycles. The van der Waals surface area contributed by atoms with Gasteiger partial charge in [0.1, 0.15) is 29.6 Å². The molecule has 10 heteroatoms. The fourth-order valence-corrected chi connectivity index (χ4v) is 4.19. The van der Waals surface area contributed by atoms with Crippen LogP contribution in [-0.2, 0) is 6.54 Å². The minimum absolute atomic E-state index is 0.176. The molecule has 34 heavy (non-hydrogen) atoms. The number of rotatable bonds is 5. The first-order valence-electron chi connectivity index (χ1n) is 10.7. The number of hydrogen-bond acceptors (Lipinski definition) is 5. The van der Waals surface area contributed by atoms with E-state index in [1.807, 2.05) is 19.2 Å². The largest absolute Gasteiger partial charge is 0.493 e. The highest BCUT2D eigenvalue weighted by molar-refractivity contribution is 5.67. The molecule has 1 aromatic carbocycles.